The fourth-order valence-corrected chi connectivity index (χ4v) is 3.18. The van der Waals surface area contributed by atoms with Crippen LogP contribution in [0.2, 0.25) is 0 Å². The largest absolute Gasteiger partial charge is 0.326 e. The van der Waals surface area contributed by atoms with Crippen LogP contribution in [0.5, 0.6) is 0 Å². The van der Waals surface area contributed by atoms with E-state index in [2.05, 4.69) is 0 Å². The predicted molar refractivity (Wildman–Crippen MR) is 71.1 cm³/mol. The van der Waals surface area contributed by atoms with Crippen molar-refractivity contribution in [2.45, 2.75) is 44.3 Å². The maximum atomic E-state index is 12.2. The maximum Gasteiger partial charge on any atom is 0.231 e. The second kappa shape index (κ2) is 4.37. The molecule has 2 atom stereocenters. The summed E-state index contributed by atoms with van der Waals surface area (Å²) in [5, 5.41) is 0. The van der Waals surface area contributed by atoms with E-state index < -0.39 is 0 Å². The monoisotopic (exact) mass is 245 g/mol. The molecular formula is C14H19N3O. The van der Waals surface area contributed by atoms with Crippen LogP contribution in [-0.4, -0.2) is 18.0 Å². The molecule has 0 spiro atoms. The van der Waals surface area contributed by atoms with Crippen LogP contribution in [0.15, 0.2) is 18.2 Å². The Balaban J connectivity index is 1.96. The first-order chi connectivity index (χ1) is 8.70. The molecule has 0 saturated heterocycles. The van der Waals surface area contributed by atoms with Crippen molar-refractivity contribution in [1.82, 2.24) is 0 Å². The van der Waals surface area contributed by atoms with Gasteiger partial charge in [-0.15, -0.1) is 0 Å². The Hall–Kier alpha value is -1.39. The van der Waals surface area contributed by atoms with Crippen molar-refractivity contribution in [2.75, 3.05) is 4.90 Å². The number of amides is 1. The van der Waals surface area contributed by atoms with E-state index in [0.717, 1.165) is 36.1 Å². The van der Waals surface area contributed by atoms with E-state index >= 15 is 0 Å². The Morgan fingerprint density at radius 3 is 2.83 bits per heavy atom. The van der Waals surface area contributed by atoms with E-state index in [-0.39, 0.29) is 18.0 Å². The fourth-order valence-electron chi connectivity index (χ4n) is 3.18. The average molecular weight is 245 g/mol. The van der Waals surface area contributed by atoms with Gasteiger partial charge in [-0.2, -0.15) is 0 Å². The van der Waals surface area contributed by atoms with Gasteiger partial charge in [-0.1, -0.05) is 12.1 Å². The van der Waals surface area contributed by atoms with Crippen molar-refractivity contribution in [3.8, 4) is 0 Å². The quantitative estimate of drug-likeness (QED) is 0.813. The molecule has 1 aromatic rings. The van der Waals surface area contributed by atoms with Gasteiger partial charge in [0.05, 0.1) is 12.5 Å². The lowest BCUT2D eigenvalue weighted by atomic mass is 10.1. The summed E-state index contributed by atoms with van der Waals surface area (Å²) in [6, 6.07) is 6.38. The summed E-state index contributed by atoms with van der Waals surface area (Å²) in [6.07, 6.45) is 3.65. The van der Waals surface area contributed by atoms with Gasteiger partial charge < -0.3 is 16.4 Å². The molecule has 0 radical (unpaired) electrons. The first-order valence-corrected chi connectivity index (χ1v) is 6.60. The van der Waals surface area contributed by atoms with Crippen molar-refractivity contribution in [1.29, 1.82) is 0 Å². The first-order valence-electron chi connectivity index (χ1n) is 6.60. The van der Waals surface area contributed by atoms with Gasteiger partial charge in [0.1, 0.15) is 0 Å². The van der Waals surface area contributed by atoms with Gasteiger partial charge in [-0.3, -0.25) is 4.79 Å². The summed E-state index contributed by atoms with van der Waals surface area (Å²) in [5.41, 5.74) is 15.0. The number of carbonyl (C=O) groups is 1. The van der Waals surface area contributed by atoms with E-state index in [1.165, 1.54) is 0 Å². The zero-order valence-electron chi connectivity index (χ0n) is 10.4. The van der Waals surface area contributed by atoms with Crippen LogP contribution in [0.3, 0.4) is 0 Å². The third-order valence-electron chi connectivity index (χ3n) is 4.11. The Kier molecular flexibility index (Phi) is 2.84. The number of hydrogen-bond acceptors (Lipinski definition) is 3. The Bertz CT molecular complexity index is 486. The van der Waals surface area contributed by atoms with Gasteiger partial charge in [0.25, 0.3) is 0 Å². The first kappa shape index (κ1) is 11.7. The number of rotatable bonds is 2. The van der Waals surface area contributed by atoms with Crippen LogP contribution < -0.4 is 16.4 Å². The van der Waals surface area contributed by atoms with Crippen molar-refractivity contribution in [2.24, 2.45) is 11.5 Å². The highest BCUT2D eigenvalue weighted by Crippen LogP contribution is 2.35. The molecule has 96 valence electrons. The van der Waals surface area contributed by atoms with Crippen LogP contribution in [0, 0.1) is 0 Å². The Labute approximate surface area is 107 Å². The van der Waals surface area contributed by atoms with Crippen molar-refractivity contribution < 1.29 is 4.79 Å². The lowest BCUT2D eigenvalue weighted by Gasteiger charge is -2.28. The third kappa shape index (κ3) is 1.72. The van der Waals surface area contributed by atoms with Gasteiger partial charge in [0.15, 0.2) is 0 Å². The highest BCUT2D eigenvalue weighted by atomic mass is 16.2. The molecule has 4 N–H and O–H groups in total. The molecule has 1 fully saturated rings. The summed E-state index contributed by atoms with van der Waals surface area (Å²) in [5.74, 6) is 0.182. The molecule has 4 nitrogen and oxygen atoms in total. The second-order valence-corrected chi connectivity index (χ2v) is 5.27. The maximum absolute atomic E-state index is 12.2. The second-order valence-electron chi connectivity index (χ2n) is 5.27. The molecule has 18 heavy (non-hydrogen) atoms. The van der Waals surface area contributed by atoms with Crippen molar-refractivity contribution in [3.63, 3.8) is 0 Å². The lowest BCUT2D eigenvalue weighted by molar-refractivity contribution is -0.117. The molecule has 3 rings (SSSR count). The van der Waals surface area contributed by atoms with Crippen LogP contribution in [-0.2, 0) is 17.8 Å². The lowest BCUT2D eigenvalue weighted by Crippen LogP contribution is -2.46. The van der Waals surface area contributed by atoms with Gasteiger partial charge >= 0.3 is 0 Å². The van der Waals surface area contributed by atoms with E-state index in [4.69, 9.17) is 11.5 Å². The highest BCUT2D eigenvalue weighted by molar-refractivity contribution is 6.02. The van der Waals surface area contributed by atoms with Crippen LogP contribution in [0.1, 0.15) is 30.4 Å². The summed E-state index contributed by atoms with van der Waals surface area (Å²) in [6.45, 7) is 0.518. The number of hydrogen-bond donors (Lipinski definition) is 2. The number of anilines is 1. The van der Waals surface area contributed by atoms with E-state index in [9.17, 15) is 4.79 Å². The van der Waals surface area contributed by atoms with Gasteiger partial charge in [0.2, 0.25) is 5.91 Å². The topological polar surface area (TPSA) is 72.4 Å². The summed E-state index contributed by atoms with van der Waals surface area (Å²) >= 11 is 0. The standard InChI is InChI=1S/C14H19N3O/c15-8-9-4-5-12-10(6-9)7-14(18)17(12)13-3-1-2-11(13)16/h4-6,11,13H,1-3,7-8,15-16H2. The van der Waals surface area contributed by atoms with Crippen LogP contribution in [0.25, 0.3) is 0 Å². The summed E-state index contributed by atoms with van der Waals surface area (Å²) in [4.78, 5) is 14.1. The van der Waals surface area contributed by atoms with Crippen LogP contribution >= 0.6 is 0 Å². The fraction of sp³-hybridized carbons (Fsp3) is 0.500. The molecule has 0 bridgehead atoms. The molecule has 1 amide bonds. The van der Waals surface area contributed by atoms with Crippen LogP contribution in [0.4, 0.5) is 5.69 Å². The average Bonchev–Trinajstić information content (AvgIpc) is 2.90. The minimum absolute atomic E-state index is 0.120. The normalized spacial score (nSPS) is 26.8. The molecular weight excluding hydrogens is 226 g/mol. The molecule has 1 saturated carbocycles. The molecule has 2 unspecified atom stereocenters. The molecule has 1 aliphatic heterocycles. The molecule has 1 aromatic carbocycles. The molecule has 0 aromatic heterocycles. The number of fused-ring (bicyclic) bond motifs is 1. The highest BCUT2D eigenvalue weighted by Gasteiger charge is 2.38. The zero-order chi connectivity index (χ0) is 12.7. The number of benzene rings is 1. The van der Waals surface area contributed by atoms with Crippen molar-refractivity contribution >= 4 is 11.6 Å². The smallest absolute Gasteiger partial charge is 0.231 e. The van der Waals surface area contributed by atoms with E-state index in [0.29, 0.717) is 13.0 Å². The zero-order valence-corrected chi connectivity index (χ0v) is 10.4. The molecule has 1 heterocycles. The number of nitrogens with zero attached hydrogens (tertiary/aromatic N) is 1. The van der Waals surface area contributed by atoms with Gasteiger partial charge in [-0.05, 0) is 36.5 Å². The Morgan fingerprint density at radius 1 is 1.33 bits per heavy atom. The van der Waals surface area contributed by atoms with Gasteiger partial charge in [-0.25, -0.2) is 0 Å². The number of carbonyl (C=O) groups excluding carboxylic acids is 1. The molecule has 1 aliphatic carbocycles. The minimum atomic E-state index is 0.120. The number of nitrogens with two attached hydrogens (primary N) is 2. The van der Waals surface area contributed by atoms with E-state index in [1.807, 2.05) is 23.1 Å². The van der Waals surface area contributed by atoms with E-state index in [1.54, 1.807) is 0 Å². The molecule has 2 aliphatic rings. The Morgan fingerprint density at radius 2 is 2.17 bits per heavy atom. The van der Waals surface area contributed by atoms with Gasteiger partial charge in [0, 0.05) is 18.3 Å². The third-order valence-corrected chi connectivity index (χ3v) is 4.11. The summed E-state index contributed by atoms with van der Waals surface area (Å²) < 4.78 is 0. The molecule has 4 heteroatoms. The van der Waals surface area contributed by atoms with Crippen molar-refractivity contribution in [3.05, 3.63) is 29.3 Å². The SMILES string of the molecule is NCc1ccc2c(c1)CC(=O)N2C1CCCC1N. The summed E-state index contributed by atoms with van der Waals surface area (Å²) in [7, 11) is 0. The minimum Gasteiger partial charge on any atom is -0.326 e. The predicted octanol–water partition coefficient (Wildman–Crippen LogP) is 0.914.